The summed E-state index contributed by atoms with van der Waals surface area (Å²) in [5.41, 5.74) is 2.06. The van der Waals surface area contributed by atoms with Gasteiger partial charge in [0.25, 0.3) is 0 Å². The molecule has 8 heteroatoms. The number of carbonyl (C=O) groups is 1. The van der Waals surface area contributed by atoms with Gasteiger partial charge in [0.15, 0.2) is 0 Å². The number of carboxylic acid groups (broad SMARTS) is 1. The van der Waals surface area contributed by atoms with E-state index >= 15 is 0 Å². The highest BCUT2D eigenvalue weighted by molar-refractivity contribution is 5.88. The second-order valence-corrected chi connectivity index (χ2v) is 5.45. The molecule has 0 aliphatic carbocycles. The number of nitrogens with one attached hydrogen (secondary N) is 1. The van der Waals surface area contributed by atoms with E-state index in [0.717, 1.165) is 5.69 Å². The third-order valence-corrected chi connectivity index (χ3v) is 3.43. The minimum absolute atomic E-state index is 0.0465. The first-order valence-electron chi connectivity index (χ1n) is 7.66. The molecule has 0 saturated carbocycles. The SMILES string of the molecule is C[C@H](Cc1cnccn1)Nc1nccc(-c2cc(C(=O)O)ccn2)n1. The lowest BCUT2D eigenvalue weighted by Gasteiger charge is -2.13. The molecule has 0 spiro atoms. The summed E-state index contributed by atoms with van der Waals surface area (Å²) in [4.78, 5) is 32.2. The van der Waals surface area contributed by atoms with E-state index in [9.17, 15) is 4.79 Å². The van der Waals surface area contributed by atoms with Gasteiger partial charge in [-0.2, -0.15) is 0 Å². The molecule has 3 aromatic rings. The van der Waals surface area contributed by atoms with Crippen LogP contribution in [-0.4, -0.2) is 42.0 Å². The molecule has 3 rings (SSSR count). The second-order valence-electron chi connectivity index (χ2n) is 5.45. The Labute approximate surface area is 144 Å². The second kappa shape index (κ2) is 7.43. The monoisotopic (exact) mass is 336 g/mol. The van der Waals surface area contributed by atoms with Crippen molar-refractivity contribution in [3.8, 4) is 11.4 Å². The number of hydrogen-bond acceptors (Lipinski definition) is 7. The van der Waals surface area contributed by atoms with E-state index < -0.39 is 5.97 Å². The Morgan fingerprint density at radius 3 is 2.72 bits per heavy atom. The molecule has 0 bridgehead atoms. The Kier molecular flexibility index (Phi) is 4.89. The van der Waals surface area contributed by atoms with Gasteiger partial charge < -0.3 is 10.4 Å². The van der Waals surface area contributed by atoms with Crippen LogP contribution in [0.3, 0.4) is 0 Å². The molecule has 0 amide bonds. The number of anilines is 1. The summed E-state index contributed by atoms with van der Waals surface area (Å²) in [7, 11) is 0. The molecule has 8 nitrogen and oxygen atoms in total. The maximum Gasteiger partial charge on any atom is 0.335 e. The van der Waals surface area contributed by atoms with E-state index in [1.54, 1.807) is 30.9 Å². The van der Waals surface area contributed by atoms with Gasteiger partial charge in [-0.05, 0) is 25.1 Å². The summed E-state index contributed by atoms with van der Waals surface area (Å²) in [6.45, 7) is 1.99. The van der Waals surface area contributed by atoms with Crippen molar-refractivity contribution in [2.45, 2.75) is 19.4 Å². The summed E-state index contributed by atoms with van der Waals surface area (Å²) in [6, 6.07) is 4.66. The molecule has 0 aliphatic rings. The molecule has 25 heavy (non-hydrogen) atoms. The maximum atomic E-state index is 11.1. The zero-order valence-electron chi connectivity index (χ0n) is 13.5. The van der Waals surface area contributed by atoms with Crippen molar-refractivity contribution < 1.29 is 9.90 Å². The van der Waals surface area contributed by atoms with Crippen LogP contribution in [-0.2, 0) is 6.42 Å². The van der Waals surface area contributed by atoms with E-state index in [1.165, 1.54) is 18.3 Å². The lowest BCUT2D eigenvalue weighted by molar-refractivity contribution is 0.0697. The third kappa shape index (κ3) is 4.31. The fourth-order valence-electron chi connectivity index (χ4n) is 2.30. The molecule has 0 aromatic carbocycles. The minimum atomic E-state index is -1.01. The summed E-state index contributed by atoms with van der Waals surface area (Å²) in [6.07, 6.45) is 8.73. The van der Waals surface area contributed by atoms with Gasteiger partial charge in [0.05, 0.1) is 22.6 Å². The standard InChI is InChI=1S/C17H16N6O2/c1-11(8-13-10-18-6-7-19-13)22-17-21-5-3-14(23-17)15-9-12(16(24)25)2-4-20-15/h2-7,9-11H,8H2,1H3,(H,24,25)(H,21,22,23)/t11-/m1/s1. The van der Waals surface area contributed by atoms with E-state index in [2.05, 4.69) is 30.2 Å². The topological polar surface area (TPSA) is 114 Å². The van der Waals surface area contributed by atoms with E-state index in [0.29, 0.717) is 23.8 Å². The Morgan fingerprint density at radius 2 is 1.96 bits per heavy atom. The normalized spacial score (nSPS) is 11.7. The van der Waals surface area contributed by atoms with Crippen LogP contribution in [0.2, 0.25) is 0 Å². The Hall–Kier alpha value is -3.42. The first kappa shape index (κ1) is 16.4. The highest BCUT2D eigenvalue weighted by Crippen LogP contribution is 2.17. The van der Waals surface area contributed by atoms with Gasteiger partial charge in [0.1, 0.15) is 0 Å². The molecular weight excluding hydrogens is 320 g/mol. The average molecular weight is 336 g/mol. The fraction of sp³-hybridized carbons (Fsp3) is 0.176. The minimum Gasteiger partial charge on any atom is -0.478 e. The van der Waals surface area contributed by atoms with Gasteiger partial charge in [0, 0.05) is 43.4 Å². The Balaban J connectivity index is 1.75. The number of pyridine rings is 1. The molecule has 0 saturated heterocycles. The average Bonchev–Trinajstić information content (AvgIpc) is 2.63. The highest BCUT2D eigenvalue weighted by Gasteiger charge is 2.10. The van der Waals surface area contributed by atoms with Gasteiger partial charge in [-0.3, -0.25) is 15.0 Å². The first-order valence-corrected chi connectivity index (χ1v) is 7.66. The number of aromatic nitrogens is 5. The molecule has 0 radical (unpaired) electrons. The van der Waals surface area contributed by atoms with Crippen molar-refractivity contribution in [3.05, 3.63) is 60.4 Å². The third-order valence-electron chi connectivity index (χ3n) is 3.43. The number of rotatable bonds is 6. The molecule has 0 fully saturated rings. The van der Waals surface area contributed by atoms with Crippen molar-refractivity contribution in [1.29, 1.82) is 0 Å². The maximum absolute atomic E-state index is 11.1. The van der Waals surface area contributed by atoms with Crippen LogP contribution in [0.1, 0.15) is 23.0 Å². The molecular formula is C17H16N6O2. The predicted octanol–water partition coefficient (Wildman–Crippen LogP) is 2.07. The smallest absolute Gasteiger partial charge is 0.335 e. The van der Waals surface area contributed by atoms with Crippen molar-refractivity contribution in [2.24, 2.45) is 0 Å². The largest absolute Gasteiger partial charge is 0.478 e. The zero-order valence-corrected chi connectivity index (χ0v) is 13.5. The van der Waals surface area contributed by atoms with Crippen LogP contribution in [0.25, 0.3) is 11.4 Å². The number of aromatic carboxylic acids is 1. The van der Waals surface area contributed by atoms with Gasteiger partial charge in [-0.15, -0.1) is 0 Å². The molecule has 2 N–H and O–H groups in total. The highest BCUT2D eigenvalue weighted by atomic mass is 16.4. The number of nitrogens with zero attached hydrogens (tertiary/aromatic N) is 5. The van der Waals surface area contributed by atoms with Crippen molar-refractivity contribution in [3.63, 3.8) is 0 Å². The summed E-state index contributed by atoms with van der Waals surface area (Å²) in [5.74, 6) is -0.565. The zero-order chi connectivity index (χ0) is 17.6. The lowest BCUT2D eigenvalue weighted by atomic mass is 10.2. The summed E-state index contributed by atoms with van der Waals surface area (Å²) in [5, 5.41) is 12.3. The van der Waals surface area contributed by atoms with Gasteiger partial charge in [-0.25, -0.2) is 14.8 Å². The molecule has 0 unspecified atom stereocenters. The summed E-state index contributed by atoms with van der Waals surface area (Å²) >= 11 is 0. The first-order chi connectivity index (χ1) is 12.1. The van der Waals surface area contributed by atoms with E-state index in [4.69, 9.17) is 5.11 Å². The Bertz CT molecular complexity index is 872. The van der Waals surface area contributed by atoms with Crippen LogP contribution in [0, 0.1) is 0 Å². The molecule has 1 atom stereocenters. The van der Waals surface area contributed by atoms with Crippen LogP contribution in [0.4, 0.5) is 5.95 Å². The van der Waals surface area contributed by atoms with Crippen molar-refractivity contribution >= 4 is 11.9 Å². The number of carboxylic acids is 1. The quantitative estimate of drug-likeness (QED) is 0.703. The van der Waals surface area contributed by atoms with Crippen molar-refractivity contribution in [1.82, 2.24) is 24.9 Å². The lowest BCUT2D eigenvalue weighted by Crippen LogP contribution is -2.20. The summed E-state index contributed by atoms with van der Waals surface area (Å²) < 4.78 is 0. The van der Waals surface area contributed by atoms with Gasteiger partial charge in [0.2, 0.25) is 5.95 Å². The van der Waals surface area contributed by atoms with Gasteiger partial charge in [-0.1, -0.05) is 0 Å². The number of hydrogen-bond donors (Lipinski definition) is 2. The van der Waals surface area contributed by atoms with Crippen LogP contribution >= 0.6 is 0 Å². The molecule has 0 aliphatic heterocycles. The molecule has 126 valence electrons. The fourth-order valence-corrected chi connectivity index (χ4v) is 2.30. The van der Waals surface area contributed by atoms with E-state index in [-0.39, 0.29) is 11.6 Å². The van der Waals surface area contributed by atoms with Gasteiger partial charge >= 0.3 is 5.97 Å². The van der Waals surface area contributed by atoms with Crippen molar-refractivity contribution in [2.75, 3.05) is 5.32 Å². The molecule has 3 heterocycles. The predicted molar refractivity (Wildman–Crippen MR) is 91.0 cm³/mol. The molecule has 3 aromatic heterocycles. The Morgan fingerprint density at radius 1 is 1.12 bits per heavy atom. The van der Waals surface area contributed by atoms with Crippen LogP contribution in [0.5, 0.6) is 0 Å². The van der Waals surface area contributed by atoms with Crippen LogP contribution in [0.15, 0.2) is 49.2 Å². The van der Waals surface area contributed by atoms with E-state index in [1.807, 2.05) is 6.92 Å². The van der Waals surface area contributed by atoms with Crippen LogP contribution < -0.4 is 5.32 Å².